The molecule has 2 rings (SSSR count). The number of nitrogens with two attached hydrogens (primary N) is 1. The molecule has 1 heterocycles. The van der Waals surface area contributed by atoms with Gasteiger partial charge in [-0.15, -0.1) is 0 Å². The van der Waals surface area contributed by atoms with Gasteiger partial charge in [-0.25, -0.2) is 0 Å². The van der Waals surface area contributed by atoms with E-state index >= 15 is 0 Å². The number of benzene rings is 1. The predicted molar refractivity (Wildman–Crippen MR) is 67.0 cm³/mol. The second-order valence-electron chi connectivity index (χ2n) is 4.33. The first-order chi connectivity index (χ1) is 7.50. The van der Waals surface area contributed by atoms with E-state index in [4.69, 9.17) is 5.73 Å². The highest BCUT2D eigenvalue weighted by atomic mass is 79.9. The standard InChI is InChI=1S/C12H15BrN2O/c1-7-3-4-8(5-9(7)13)12-10(14)6-11(16)15(12)2/h3-5,10,12H,6,14H2,1-2H3. The third-order valence-electron chi connectivity index (χ3n) is 3.16. The van der Waals surface area contributed by atoms with Gasteiger partial charge in [0.1, 0.15) is 0 Å². The van der Waals surface area contributed by atoms with E-state index in [1.165, 1.54) is 5.56 Å². The van der Waals surface area contributed by atoms with Crippen LogP contribution >= 0.6 is 15.9 Å². The van der Waals surface area contributed by atoms with Crippen molar-refractivity contribution in [1.82, 2.24) is 4.90 Å². The molecule has 1 saturated heterocycles. The number of carbonyl (C=O) groups is 1. The zero-order valence-corrected chi connectivity index (χ0v) is 11.0. The molecule has 16 heavy (non-hydrogen) atoms. The highest BCUT2D eigenvalue weighted by molar-refractivity contribution is 9.10. The fourth-order valence-corrected chi connectivity index (χ4v) is 2.56. The molecule has 0 aliphatic carbocycles. The zero-order chi connectivity index (χ0) is 11.9. The van der Waals surface area contributed by atoms with Crippen molar-refractivity contribution < 1.29 is 4.79 Å². The van der Waals surface area contributed by atoms with Crippen molar-refractivity contribution in [3.63, 3.8) is 0 Å². The summed E-state index contributed by atoms with van der Waals surface area (Å²) >= 11 is 3.50. The summed E-state index contributed by atoms with van der Waals surface area (Å²) in [5.41, 5.74) is 8.28. The number of hydrogen-bond acceptors (Lipinski definition) is 2. The maximum Gasteiger partial charge on any atom is 0.224 e. The van der Waals surface area contributed by atoms with Gasteiger partial charge >= 0.3 is 0 Å². The summed E-state index contributed by atoms with van der Waals surface area (Å²) in [7, 11) is 1.81. The van der Waals surface area contributed by atoms with Crippen LogP contribution in [0.3, 0.4) is 0 Å². The molecule has 0 spiro atoms. The molecule has 0 radical (unpaired) electrons. The third-order valence-corrected chi connectivity index (χ3v) is 4.02. The van der Waals surface area contributed by atoms with E-state index in [9.17, 15) is 4.79 Å². The van der Waals surface area contributed by atoms with E-state index in [-0.39, 0.29) is 18.0 Å². The Morgan fingerprint density at radius 2 is 2.19 bits per heavy atom. The molecule has 2 atom stereocenters. The summed E-state index contributed by atoms with van der Waals surface area (Å²) < 4.78 is 1.06. The Morgan fingerprint density at radius 3 is 2.69 bits per heavy atom. The highest BCUT2D eigenvalue weighted by Crippen LogP contribution is 2.32. The first-order valence-corrected chi connectivity index (χ1v) is 6.07. The van der Waals surface area contributed by atoms with E-state index < -0.39 is 0 Å². The van der Waals surface area contributed by atoms with Gasteiger partial charge in [-0.3, -0.25) is 4.79 Å². The van der Waals surface area contributed by atoms with Crippen molar-refractivity contribution in [3.8, 4) is 0 Å². The van der Waals surface area contributed by atoms with E-state index in [1.807, 2.05) is 26.1 Å². The molecular formula is C12H15BrN2O. The number of likely N-dealkylation sites (N-methyl/N-ethyl adjacent to an activating group) is 1. The van der Waals surface area contributed by atoms with Crippen LogP contribution in [0, 0.1) is 6.92 Å². The molecule has 1 amide bonds. The number of likely N-dealkylation sites (tertiary alicyclic amines) is 1. The lowest BCUT2D eigenvalue weighted by Gasteiger charge is -2.23. The zero-order valence-electron chi connectivity index (χ0n) is 9.40. The van der Waals surface area contributed by atoms with Gasteiger partial charge in [-0.2, -0.15) is 0 Å². The van der Waals surface area contributed by atoms with Gasteiger partial charge in [0.2, 0.25) is 5.91 Å². The normalized spacial score (nSPS) is 25.2. The molecule has 1 aromatic rings. The minimum Gasteiger partial charge on any atom is -0.337 e. The summed E-state index contributed by atoms with van der Waals surface area (Å²) in [4.78, 5) is 13.3. The average molecular weight is 283 g/mol. The first-order valence-electron chi connectivity index (χ1n) is 5.28. The Hall–Kier alpha value is -0.870. The lowest BCUT2D eigenvalue weighted by Crippen LogP contribution is -2.30. The minimum atomic E-state index is -0.105. The molecule has 4 heteroatoms. The van der Waals surface area contributed by atoms with Crippen molar-refractivity contribution in [2.24, 2.45) is 5.73 Å². The largest absolute Gasteiger partial charge is 0.337 e. The van der Waals surface area contributed by atoms with Gasteiger partial charge < -0.3 is 10.6 Å². The molecule has 1 aliphatic rings. The van der Waals surface area contributed by atoms with Crippen molar-refractivity contribution in [1.29, 1.82) is 0 Å². The van der Waals surface area contributed by atoms with Crippen LogP contribution in [0.2, 0.25) is 0 Å². The van der Waals surface area contributed by atoms with Gasteiger partial charge in [-0.05, 0) is 24.1 Å². The second kappa shape index (κ2) is 4.18. The number of amides is 1. The van der Waals surface area contributed by atoms with Crippen LogP contribution in [0.25, 0.3) is 0 Å². The molecule has 3 nitrogen and oxygen atoms in total. The molecular weight excluding hydrogens is 268 g/mol. The summed E-state index contributed by atoms with van der Waals surface area (Å²) in [5.74, 6) is 0.120. The first kappa shape index (κ1) is 11.6. The molecule has 1 aromatic carbocycles. The molecule has 0 aromatic heterocycles. The van der Waals surface area contributed by atoms with Gasteiger partial charge in [0.05, 0.1) is 6.04 Å². The number of hydrogen-bond donors (Lipinski definition) is 1. The molecule has 86 valence electrons. The molecule has 2 N–H and O–H groups in total. The van der Waals surface area contributed by atoms with Crippen LogP contribution in [0.15, 0.2) is 22.7 Å². The third kappa shape index (κ3) is 1.87. The average Bonchev–Trinajstić information content (AvgIpc) is 2.47. The van der Waals surface area contributed by atoms with Crippen LogP contribution in [-0.4, -0.2) is 23.9 Å². The maximum absolute atomic E-state index is 11.6. The van der Waals surface area contributed by atoms with Gasteiger partial charge in [0, 0.05) is 24.0 Å². The highest BCUT2D eigenvalue weighted by Gasteiger charge is 2.36. The van der Waals surface area contributed by atoms with Crippen LogP contribution in [-0.2, 0) is 4.79 Å². The van der Waals surface area contributed by atoms with E-state index in [2.05, 4.69) is 22.0 Å². The number of carbonyl (C=O) groups excluding carboxylic acids is 1. The fraction of sp³-hybridized carbons (Fsp3) is 0.417. The second-order valence-corrected chi connectivity index (χ2v) is 5.18. The van der Waals surface area contributed by atoms with Gasteiger partial charge in [-0.1, -0.05) is 28.1 Å². The SMILES string of the molecule is Cc1ccc(C2C(N)CC(=O)N2C)cc1Br. The lowest BCUT2D eigenvalue weighted by molar-refractivity contribution is -0.127. The van der Waals surface area contributed by atoms with Gasteiger partial charge in [0.15, 0.2) is 0 Å². The maximum atomic E-state index is 11.6. The Balaban J connectivity index is 2.37. The van der Waals surface area contributed by atoms with Gasteiger partial charge in [0.25, 0.3) is 0 Å². The van der Waals surface area contributed by atoms with Crippen molar-refractivity contribution in [2.75, 3.05) is 7.05 Å². The minimum absolute atomic E-state index is 0.00407. The molecule has 0 saturated carbocycles. The Kier molecular flexibility index (Phi) is 3.04. The smallest absolute Gasteiger partial charge is 0.224 e. The lowest BCUT2D eigenvalue weighted by atomic mass is 10.00. The van der Waals surface area contributed by atoms with Crippen molar-refractivity contribution in [3.05, 3.63) is 33.8 Å². The van der Waals surface area contributed by atoms with Crippen molar-refractivity contribution >= 4 is 21.8 Å². The molecule has 1 fully saturated rings. The molecule has 2 unspecified atom stereocenters. The molecule has 0 bridgehead atoms. The Labute approximate surface area is 104 Å². The monoisotopic (exact) mass is 282 g/mol. The number of nitrogens with zero attached hydrogens (tertiary/aromatic N) is 1. The molecule has 1 aliphatic heterocycles. The van der Waals surface area contributed by atoms with E-state index in [1.54, 1.807) is 4.90 Å². The van der Waals surface area contributed by atoms with Crippen LogP contribution in [0.1, 0.15) is 23.6 Å². The summed E-state index contributed by atoms with van der Waals surface area (Å²) in [6.07, 6.45) is 0.437. The predicted octanol–water partition coefficient (Wildman–Crippen LogP) is 1.99. The number of rotatable bonds is 1. The van der Waals surface area contributed by atoms with Crippen LogP contribution < -0.4 is 5.73 Å². The van der Waals surface area contributed by atoms with E-state index in [0.717, 1.165) is 10.0 Å². The number of halogens is 1. The summed E-state index contributed by atoms with van der Waals surface area (Å²) in [6, 6.07) is 6.04. The number of aryl methyl sites for hydroxylation is 1. The van der Waals surface area contributed by atoms with E-state index in [0.29, 0.717) is 6.42 Å². The Morgan fingerprint density at radius 1 is 1.50 bits per heavy atom. The Bertz CT molecular complexity index is 433. The summed E-state index contributed by atoms with van der Waals surface area (Å²) in [6.45, 7) is 2.04. The van der Waals surface area contributed by atoms with Crippen LogP contribution in [0.5, 0.6) is 0 Å². The quantitative estimate of drug-likeness (QED) is 0.856. The summed E-state index contributed by atoms with van der Waals surface area (Å²) in [5, 5.41) is 0. The van der Waals surface area contributed by atoms with Crippen LogP contribution in [0.4, 0.5) is 0 Å². The topological polar surface area (TPSA) is 46.3 Å². The van der Waals surface area contributed by atoms with Crippen molar-refractivity contribution in [2.45, 2.75) is 25.4 Å². The fourth-order valence-electron chi connectivity index (χ4n) is 2.16.